The fourth-order valence-electron chi connectivity index (χ4n) is 3.58. The maximum absolute atomic E-state index is 4.85. The summed E-state index contributed by atoms with van der Waals surface area (Å²) in [6.07, 6.45) is 21.1. The molecule has 2 aliphatic rings. The minimum Gasteiger partial charge on any atom is -0.220 e. The molecule has 5 heteroatoms. The van der Waals surface area contributed by atoms with E-state index in [-0.39, 0.29) is 22.6 Å². The van der Waals surface area contributed by atoms with Gasteiger partial charge in [0.25, 0.3) is 0 Å². The Morgan fingerprint density at radius 2 is 1.10 bits per heavy atom. The molecule has 124 valence electrons. The third-order valence-electron chi connectivity index (χ3n) is 4.67. The Morgan fingerprint density at radius 3 is 1.43 bits per heavy atom. The smallest absolute Gasteiger partial charge is 0.175 e. The molecule has 21 heavy (non-hydrogen) atoms. The van der Waals surface area contributed by atoms with E-state index in [1.165, 1.54) is 64.2 Å². The van der Waals surface area contributed by atoms with Crippen molar-refractivity contribution in [1.82, 2.24) is 9.13 Å². The molecule has 0 aliphatic heterocycles. The third-order valence-corrected chi connectivity index (χ3v) is 4.67. The van der Waals surface area contributed by atoms with Crippen LogP contribution in [0, 0.1) is 7.43 Å². The number of rotatable bonds is 2. The van der Waals surface area contributed by atoms with Gasteiger partial charge in [-0.3, -0.25) is 0 Å². The van der Waals surface area contributed by atoms with Crippen LogP contribution in [-0.4, -0.2) is 9.13 Å². The Kier molecular flexibility index (Phi) is 10.2. The average molecular weight is 420 g/mol. The first-order valence-electron chi connectivity index (χ1n) is 7.78. The molecule has 1 aromatic heterocycles. The Hall–Kier alpha value is 0.413. The number of imidazole rings is 1. The maximum atomic E-state index is 4.85. The predicted octanol–water partition coefficient (Wildman–Crippen LogP) is 6.41. The van der Waals surface area contributed by atoms with Gasteiger partial charge in [0.1, 0.15) is 0 Å². The van der Waals surface area contributed by atoms with Crippen LogP contribution in [-0.2, 0) is 15.1 Å². The van der Waals surface area contributed by atoms with E-state index in [1.807, 2.05) is 0 Å². The molecule has 2 aliphatic carbocycles. The SMILES string of the molecule is [CH3-].[Cl][Ru][Cl].c1cn(C2CCCCC2)[cH+]n1C1CCCCC1. The third kappa shape index (κ3) is 6.20. The van der Waals surface area contributed by atoms with Crippen molar-refractivity contribution in [1.29, 1.82) is 0 Å². The van der Waals surface area contributed by atoms with E-state index in [1.54, 1.807) is 0 Å². The van der Waals surface area contributed by atoms with Gasteiger partial charge in [0, 0.05) is 0 Å². The number of hydrogen-bond acceptors (Lipinski definition) is 0. The Labute approximate surface area is 145 Å². The van der Waals surface area contributed by atoms with Gasteiger partial charge in [-0.05, 0) is 25.7 Å². The summed E-state index contributed by atoms with van der Waals surface area (Å²) >= 11 is -0.346. The number of nitrogens with zero attached hydrogens (tertiary/aromatic N) is 2. The summed E-state index contributed by atoms with van der Waals surface area (Å²) in [4.78, 5) is 0. The molecular formula is C16H28Cl2N2Ru. The summed E-state index contributed by atoms with van der Waals surface area (Å²) in [7, 11) is 9.71. The van der Waals surface area contributed by atoms with Crippen LogP contribution in [0.5, 0.6) is 0 Å². The molecular weight excluding hydrogens is 392 g/mol. The molecule has 0 spiro atoms. The minimum absolute atomic E-state index is 0. The quantitative estimate of drug-likeness (QED) is 0.387. The van der Waals surface area contributed by atoms with Crippen LogP contribution in [0.25, 0.3) is 0 Å². The largest absolute Gasteiger partial charge is 0.220 e. The van der Waals surface area contributed by atoms with Gasteiger partial charge in [-0.25, -0.2) is 9.13 Å². The van der Waals surface area contributed by atoms with E-state index >= 15 is 0 Å². The zero-order valence-electron chi connectivity index (χ0n) is 13.0. The van der Waals surface area contributed by atoms with Crippen LogP contribution in [0.2, 0.25) is 0 Å². The summed E-state index contributed by atoms with van der Waals surface area (Å²) in [6.45, 7) is 0. The monoisotopic (exact) mass is 420 g/mol. The predicted molar refractivity (Wildman–Crippen MR) is 89.2 cm³/mol. The van der Waals surface area contributed by atoms with Gasteiger partial charge in [0.15, 0.2) is 18.7 Å². The van der Waals surface area contributed by atoms with Gasteiger partial charge < -0.3 is 7.43 Å². The summed E-state index contributed by atoms with van der Waals surface area (Å²) in [5, 5.41) is 0. The fraction of sp³-hybridized carbons (Fsp3) is 0.750. The maximum Gasteiger partial charge on any atom is 0.175 e. The molecule has 0 unspecified atom stereocenters. The van der Waals surface area contributed by atoms with Crippen molar-refractivity contribution in [2.24, 2.45) is 0 Å². The van der Waals surface area contributed by atoms with Crippen LogP contribution in [0.3, 0.4) is 0 Å². The Bertz CT molecular complexity index is 340. The van der Waals surface area contributed by atoms with E-state index in [2.05, 4.69) is 27.9 Å². The van der Waals surface area contributed by atoms with Crippen LogP contribution in [0.15, 0.2) is 18.7 Å². The van der Waals surface area contributed by atoms with E-state index in [0.717, 1.165) is 12.1 Å². The molecule has 0 radical (unpaired) electrons. The molecule has 0 bridgehead atoms. The molecule has 0 saturated heterocycles. The van der Waals surface area contributed by atoms with E-state index < -0.39 is 0 Å². The van der Waals surface area contributed by atoms with Crippen molar-refractivity contribution in [2.75, 3.05) is 0 Å². The zero-order valence-corrected chi connectivity index (χ0v) is 16.2. The second-order valence-corrected chi connectivity index (χ2v) is 8.58. The molecule has 0 aromatic carbocycles. The Morgan fingerprint density at radius 1 is 0.762 bits per heavy atom. The van der Waals surface area contributed by atoms with Gasteiger partial charge in [0.05, 0.1) is 12.1 Å². The van der Waals surface area contributed by atoms with Gasteiger partial charge >= 0.3 is 34.5 Å². The van der Waals surface area contributed by atoms with Crippen LogP contribution in [0.4, 0.5) is 0 Å². The molecule has 0 amide bonds. The summed E-state index contributed by atoms with van der Waals surface area (Å²) in [6, 6.07) is 1.57. The second kappa shape index (κ2) is 11.0. The number of hydrogen-bond donors (Lipinski definition) is 0. The second-order valence-electron chi connectivity index (χ2n) is 5.94. The molecule has 1 aromatic rings. The zero-order chi connectivity index (χ0) is 14.2. The van der Waals surface area contributed by atoms with Crippen molar-refractivity contribution < 1.29 is 15.1 Å². The molecule has 3 rings (SSSR count). The summed E-state index contributed by atoms with van der Waals surface area (Å²) < 4.78 is 4.96. The molecule has 2 fully saturated rings. The van der Waals surface area contributed by atoms with Crippen molar-refractivity contribution in [2.45, 2.75) is 76.3 Å². The standard InChI is InChI=1S/C15H25N2.CH3.2ClH.Ru/c1-3-7-14(8-4-1)16-11-12-17(13-16)15-9-5-2-6-10-15;;;;/h11-15H,1-10H2;1H3;2*1H;/q+1;-1;;;+2/p-2. The van der Waals surface area contributed by atoms with Crippen molar-refractivity contribution in [3.63, 3.8) is 0 Å². The summed E-state index contributed by atoms with van der Waals surface area (Å²) in [5.74, 6) is 0. The van der Waals surface area contributed by atoms with E-state index in [0.29, 0.717) is 0 Å². The Balaban J connectivity index is 0.000000510. The van der Waals surface area contributed by atoms with Crippen LogP contribution >= 0.6 is 19.4 Å². The summed E-state index contributed by atoms with van der Waals surface area (Å²) in [5.41, 5.74) is 0. The van der Waals surface area contributed by atoms with Gasteiger partial charge in [-0.1, -0.05) is 38.5 Å². The van der Waals surface area contributed by atoms with Gasteiger partial charge in [0.2, 0.25) is 0 Å². The molecule has 2 saturated carbocycles. The van der Waals surface area contributed by atoms with E-state index in [4.69, 9.17) is 19.4 Å². The van der Waals surface area contributed by atoms with Gasteiger partial charge in [-0.2, -0.15) is 0 Å². The van der Waals surface area contributed by atoms with E-state index in [9.17, 15) is 0 Å². The number of aromatic nitrogens is 2. The minimum atomic E-state index is -0.346. The first-order valence-corrected chi connectivity index (χ1v) is 12.3. The molecule has 0 atom stereocenters. The molecule has 2 nitrogen and oxygen atoms in total. The van der Waals surface area contributed by atoms with Crippen molar-refractivity contribution in [3.8, 4) is 0 Å². The van der Waals surface area contributed by atoms with Crippen LogP contribution < -0.4 is 0 Å². The first kappa shape index (κ1) is 19.5. The van der Waals surface area contributed by atoms with Gasteiger partial charge in [-0.15, -0.1) is 0 Å². The average Bonchev–Trinajstić information content (AvgIpc) is 3.00. The van der Waals surface area contributed by atoms with Crippen molar-refractivity contribution >= 4 is 19.4 Å². The van der Waals surface area contributed by atoms with Crippen LogP contribution in [0.1, 0.15) is 76.3 Å². The topological polar surface area (TPSA) is 9.86 Å². The van der Waals surface area contributed by atoms with Crippen molar-refractivity contribution in [3.05, 3.63) is 26.1 Å². The fourth-order valence-corrected chi connectivity index (χ4v) is 3.58. The number of halogens is 2. The normalized spacial score (nSPS) is 20.5. The molecule has 0 N–H and O–H groups in total. The first-order chi connectivity index (χ1) is 9.85. The molecule has 1 heterocycles.